The van der Waals surface area contributed by atoms with Crippen molar-refractivity contribution in [1.82, 2.24) is 0 Å². The minimum Gasteiger partial charge on any atom is -0.494 e. The summed E-state index contributed by atoms with van der Waals surface area (Å²) in [5, 5.41) is 0. The fraction of sp³-hybridized carbons (Fsp3) is 0.409. The van der Waals surface area contributed by atoms with Crippen LogP contribution < -0.4 is 10.5 Å². The number of rotatable bonds is 9. The number of allylic oxidation sites excluding steroid dienone is 4. The molecule has 0 bridgehead atoms. The SMILES string of the molecule is CCCCOc1ccc(C=C2CC(N)=CC=C2OC(=O)CCCC)cc1. The van der Waals surface area contributed by atoms with Gasteiger partial charge in [0.1, 0.15) is 11.5 Å². The molecule has 1 aromatic rings. The topological polar surface area (TPSA) is 61.6 Å². The summed E-state index contributed by atoms with van der Waals surface area (Å²) in [4.78, 5) is 12.0. The highest BCUT2D eigenvalue weighted by molar-refractivity contribution is 5.72. The van der Waals surface area contributed by atoms with Gasteiger partial charge < -0.3 is 15.2 Å². The van der Waals surface area contributed by atoms with Crippen molar-refractivity contribution in [3.05, 3.63) is 59.0 Å². The van der Waals surface area contributed by atoms with Gasteiger partial charge >= 0.3 is 5.97 Å². The van der Waals surface area contributed by atoms with E-state index in [0.717, 1.165) is 54.9 Å². The Bertz CT molecular complexity index is 684. The van der Waals surface area contributed by atoms with Crippen LogP contribution in [0.15, 0.2) is 53.4 Å². The molecule has 0 heterocycles. The van der Waals surface area contributed by atoms with Crippen LogP contribution in [0.25, 0.3) is 6.08 Å². The van der Waals surface area contributed by atoms with Gasteiger partial charge in [0.15, 0.2) is 0 Å². The molecule has 0 aliphatic heterocycles. The smallest absolute Gasteiger partial charge is 0.311 e. The van der Waals surface area contributed by atoms with Crippen LogP contribution in [0.1, 0.15) is 57.9 Å². The lowest BCUT2D eigenvalue weighted by Gasteiger charge is -2.16. The molecule has 2 N–H and O–H groups in total. The molecule has 0 fully saturated rings. The highest BCUT2D eigenvalue weighted by atomic mass is 16.5. The molecule has 1 aromatic carbocycles. The van der Waals surface area contributed by atoms with E-state index in [4.69, 9.17) is 15.2 Å². The van der Waals surface area contributed by atoms with E-state index in [2.05, 4.69) is 13.8 Å². The molecule has 1 aliphatic rings. The molecule has 26 heavy (non-hydrogen) atoms. The molecule has 0 aromatic heterocycles. The Morgan fingerprint density at radius 3 is 2.54 bits per heavy atom. The van der Waals surface area contributed by atoms with Gasteiger partial charge in [-0.3, -0.25) is 4.79 Å². The van der Waals surface area contributed by atoms with Crippen molar-refractivity contribution >= 4 is 12.0 Å². The summed E-state index contributed by atoms with van der Waals surface area (Å²) in [6, 6.07) is 7.92. The number of ether oxygens (including phenoxy) is 2. The zero-order valence-electron chi connectivity index (χ0n) is 15.8. The fourth-order valence-corrected chi connectivity index (χ4v) is 2.57. The maximum Gasteiger partial charge on any atom is 0.311 e. The zero-order chi connectivity index (χ0) is 18.8. The number of carbonyl (C=O) groups excluding carboxylic acids is 1. The quantitative estimate of drug-likeness (QED) is 0.494. The van der Waals surface area contributed by atoms with Crippen LogP contribution in [0, 0.1) is 0 Å². The van der Waals surface area contributed by atoms with Gasteiger partial charge in [0.2, 0.25) is 0 Å². The Hall–Kier alpha value is -2.49. The Balaban J connectivity index is 2.07. The first kappa shape index (κ1) is 19.8. The molecule has 0 atom stereocenters. The number of unbranched alkanes of at least 4 members (excludes halogenated alkanes) is 2. The highest BCUT2D eigenvalue weighted by Crippen LogP contribution is 2.27. The molecule has 4 nitrogen and oxygen atoms in total. The van der Waals surface area contributed by atoms with Gasteiger partial charge in [0, 0.05) is 24.1 Å². The molecule has 0 unspecified atom stereocenters. The average Bonchev–Trinajstić information content (AvgIpc) is 2.64. The Kier molecular flexibility index (Phi) is 8.00. The predicted molar refractivity (Wildman–Crippen MR) is 105 cm³/mol. The first-order valence-electron chi connectivity index (χ1n) is 9.43. The average molecular weight is 355 g/mol. The van der Waals surface area contributed by atoms with Gasteiger partial charge in [-0.2, -0.15) is 0 Å². The van der Waals surface area contributed by atoms with Crippen molar-refractivity contribution in [1.29, 1.82) is 0 Å². The van der Waals surface area contributed by atoms with E-state index in [9.17, 15) is 4.79 Å². The number of hydrogen-bond donors (Lipinski definition) is 1. The summed E-state index contributed by atoms with van der Waals surface area (Å²) < 4.78 is 11.2. The molecule has 2 rings (SSSR count). The number of benzene rings is 1. The molecule has 0 saturated heterocycles. The predicted octanol–water partition coefficient (Wildman–Crippen LogP) is 5.11. The standard InChI is InChI=1S/C22H29NO3/c1-3-5-7-22(24)26-21-13-10-19(23)16-18(21)15-17-8-11-20(12-9-17)25-14-6-4-2/h8-13,15H,3-7,14,16,23H2,1-2H3. The van der Waals surface area contributed by atoms with Gasteiger partial charge in [-0.1, -0.05) is 38.8 Å². The van der Waals surface area contributed by atoms with E-state index in [1.54, 1.807) is 12.2 Å². The largest absolute Gasteiger partial charge is 0.494 e. The summed E-state index contributed by atoms with van der Waals surface area (Å²) in [7, 11) is 0. The van der Waals surface area contributed by atoms with Gasteiger partial charge in [0.05, 0.1) is 6.61 Å². The second-order valence-electron chi connectivity index (χ2n) is 6.47. The lowest BCUT2D eigenvalue weighted by molar-refractivity contribution is -0.139. The van der Waals surface area contributed by atoms with E-state index in [0.29, 0.717) is 18.6 Å². The van der Waals surface area contributed by atoms with E-state index in [1.165, 1.54) is 0 Å². The molecular formula is C22H29NO3. The maximum absolute atomic E-state index is 12.0. The van der Waals surface area contributed by atoms with Crippen LogP contribution in [-0.4, -0.2) is 12.6 Å². The first-order chi connectivity index (χ1) is 12.6. The summed E-state index contributed by atoms with van der Waals surface area (Å²) in [6.45, 7) is 4.93. The number of carbonyl (C=O) groups is 1. The van der Waals surface area contributed by atoms with Crippen molar-refractivity contribution in [2.45, 2.75) is 52.4 Å². The van der Waals surface area contributed by atoms with Crippen molar-refractivity contribution in [2.75, 3.05) is 6.61 Å². The van der Waals surface area contributed by atoms with Crippen LogP contribution in [0.4, 0.5) is 0 Å². The Morgan fingerprint density at radius 1 is 1.12 bits per heavy atom. The monoisotopic (exact) mass is 355 g/mol. The molecule has 0 radical (unpaired) electrons. The van der Waals surface area contributed by atoms with Crippen LogP contribution in [0.5, 0.6) is 5.75 Å². The van der Waals surface area contributed by atoms with Gasteiger partial charge in [-0.25, -0.2) is 0 Å². The molecule has 4 heteroatoms. The number of esters is 1. The minimum atomic E-state index is -0.197. The van der Waals surface area contributed by atoms with Gasteiger partial charge in [0.25, 0.3) is 0 Å². The van der Waals surface area contributed by atoms with E-state index < -0.39 is 0 Å². The first-order valence-corrected chi connectivity index (χ1v) is 9.43. The van der Waals surface area contributed by atoms with Crippen molar-refractivity contribution < 1.29 is 14.3 Å². The number of nitrogens with two attached hydrogens (primary N) is 1. The zero-order valence-corrected chi connectivity index (χ0v) is 15.8. The second-order valence-corrected chi connectivity index (χ2v) is 6.47. The lowest BCUT2D eigenvalue weighted by atomic mass is 10.00. The van der Waals surface area contributed by atoms with Crippen LogP contribution >= 0.6 is 0 Å². The summed E-state index contributed by atoms with van der Waals surface area (Å²) in [5.41, 5.74) is 8.65. The maximum atomic E-state index is 12.0. The Labute approximate surface area is 156 Å². The number of hydrogen-bond acceptors (Lipinski definition) is 4. The third-order valence-electron chi connectivity index (χ3n) is 4.11. The van der Waals surface area contributed by atoms with Crippen molar-refractivity contribution in [3.8, 4) is 5.75 Å². The highest BCUT2D eigenvalue weighted by Gasteiger charge is 2.15. The molecule has 0 spiro atoms. The van der Waals surface area contributed by atoms with Crippen LogP contribution in [0.3, 0.4) is 0 Å². The van der Waals surface area contributed by atoms with Gasteiger partial charge in [-0.05, 0) is 48.8 Å². The van der Waals surface area contributed by atoms with E-state index in [-0.39, 0.29) is 5.97 Å². The summed E-state index contributed by atoms with van der Waals surface area (Å²) >= 11 is 0. The van der Waals surface area contributed by atoms with E-state index in [1.807, 2.05) is 30.3 Å². The van der Waals surface area contributed by atoms with Crippen LogP contribution in [0.2, 0.25) is 0 Å². The molecule has 140 valence electrons. The molecule has 1 aliphatic carbocycles. The van der Waals surface area contributed by atoms with Gasteiger partial charge in [-0.15, -0.1) is 0 Å². The Morgan fingerprint density at radius 2 is 1.85 bits per heavy atom. The lowest BCUT2D eigenvalue weighted by Crippen LogP contribution is -2.11. The third kappa shape index (κ3) is 6.43. The second kappa shape index (κ2) is 10.5. The third-order valence-corrected chi connectivity index (χ3v) is 4.11. The summed E-state index contributed by atoms with van der Waals surface area (Å²) in [5.74, 6) is 1.26. The van der Waals surface area contributed by atoms with Crippen molar-refractivity contribution in [3.63, 3.8) is 0 Å². The molecule has 0 saturated carbocycles. The molecular weight excluding hydrogens is 326 g/mol. The molecule has 0 amide bonds. The minimum absolute atomic E-state index is 0.197. The fourth-order valence-electron chi connectivity index (χ4n) is 2.57. The van der Waals surface area contributed by atoms with Crippen molar-refractivity contribution in [2.24, 2.45) is 5.73 Å². The normalized spacial score (nSPS) is 15.4. The summed E-state index contributed by atoms with van der Waals surface area (Å²) in [6.07, 6.45) is 10.6. The van der Waals surface area contributed by atoms with E-state index >= 15 is 0 Å². The van der Waals surface area contributed by atoms with Crippen LogP contribution in [-0.2, 0) is 9.53 Å².